The van der Waals surface area contributed by atoms with Gasteiger partial charge in [-0.15, -0.1) is 0 Å². The van der Waals surface area contributed by atoms with Crippen LogP contribution in [0.25, 0.3) is 0 Å². The van der Waals surface area contributed by atoms with Crippen LogP contribution >= 0.6 is 0 Å². The highest BCUT2D eigenvalue weighted by atomic mass is 16.5. The molecule has 0 radical (unpaired) electrons. The van der Waals surface area contributed by atoms with Gasteiger partial charge < -0.3 is 9.84 Å². The first kappa shape index (κ1) is 14.0. The van der Waals surface area contributed by atoms with Crippen molar-refractivity contribution in [3.8, 4) is 5.75 Å². The number of aryl methyl sites for hydroxylation is 1. The van der Waals surface area contributed by atoms with Gasteiger partial charge in [-0.25, -0.2) is 0 Å². The van der Waals surface area contributed by atoms with Gasteiger partial charge in [0.05, 0.1) is 5.60 Å². The minimum Gasteiger partial charge on any atom is -0.490 e. The summed E-state index contributed by atoms with van der Waals surface area (Å²) in [6.45, 7) is 9.76. The van der Waals surface area contributed by atoms with E-state index >= 15 is 0 Å². The fourth-order valence-electron chi connectivity index (χ4n) is 0.973. The minimum absolute atomic E-state index is 0.317. The lowest BCUT2D eigenvalue weighted by Gasteiger charge is -2.18. The van der Waals surface area contributed by atoms with Crippen LogP contribution in [0.1, 0.15) is 33.3 Å². The van der Waals surface area contributed by atoms with Gasteiger partial charge in [-0.1, -0.05) is 32.0 Å². The van der Waals surface area contributed by atoms with Crippen molar-refractivity contribution < 1.29 is 9.84 Å². The average molecular weight is 210 g/mol. The van der Waals surface area contributed by atoms with E-state index in [0.717, 1.165) is 11.3 Å². The van der Waals surface area contributed by atoms with Crippen molar-refractivity contribution in [1.82, 2.24) is 0 Å². The summed E-state index contributed by atoms with van der Waals surface area (Å²) in [5.74, 6) is 0.838. The van der Waals surface area contributed by atoms with Crippen molar-refractivity contribution in [3.05, 3.63) is 29.8 Å². The average Bonchev–Trinajstić information content (AvgIpc) is 2.18. The SMILES string of the molecule is CC.Cc1ccccc1OCC(C)(C)O. The zero-order valence-electron chi connectivity index (χ0n) is 10.4. The van der Waals surface area contributed by atoms with Crippen molar-refractivity contribution >= 4 is 0 Å². The minimum atomic E-state index is -0.776. The number of rotatable bonds is 3. The van der Waals surface area contributed by atoms with E-state index in [1.165, 1.54) is 0 Å². The Morgan fingerprint density at radius 2 is 1.73 bits per heavy atom. The molecule has 0 aliphatic carbocycles. The van der Waals surface area contributed by atoms with Crippen molar-refractivity contribution in [3.63, 3.8) is 0 Å². The fraction of sp³-hybridized carbons (Fsp3) is 0.538. The summed E-state index contributed by atoms with van der Waals surface area (Å²) in [5, 5.41) is 9.44. The molecule has 0 amide bonds. The molecule has 1 N–H and O–H groups in total. The van der Waals surface area contributed by atoms with Crippen molar-refractivity contribution in [1.29, 1.82) is 0 Å². The highest BCUT2D eigenvalue weighted by Gasteiger charge is 2.13. The summed E-state index contributed by atoms with van der Waals surface area (Å²) in [4.78, 5) is 0. The normalized spacial score (nSPS) is 10.3. The molecule has 1 rings (SSSR count). The Kier molecular flexibility index (Phi) is 6.02. The number of para-hydroxylation sites is 1. The van der Waals surface area contributed by atoms with Crippen LogP contribution in [0.15, 0.2) is 24.3 Å². The Morgan fingerprint density at radius 1 is 1.20 bits per heavy atom. The third-order valence-corrected chi connectivity index (χ3v) is 1.67. The van der Waals surface area contributed by atoms with Gasteiger partial charge in [-0.3, -0.25) is 0 Å². The first-order chi connectivity index (χ1) is 6.99. The van der Waals surface area contributed by atoms with E-state index < -0.39 is 5.60 Å². The lowest BCUT2D eigenvalue weighted by Crippen LogP contribution is -2.28. The Labute approximate surface area is 92.9 Å². The van der Waals surface area contributed by atoms with Crippen LogP contribution in [-0.4, -0.2) is 17.3 Å². The van der Waals surface area contributed by atoms with E-state index in [1.54, 1.807) is 13.8 Å². The van der Waals surface area contributed by atoms with E-state index in [1.807, 2.05) is 45.0 Å². The lowest BCUT2D eigenvalue weighted by atomic mass is 10.1. The first-order valence-electron chi connectivity index (χ1n) is 5.40. The van der Waals surface area contributed by atoms with Crippen LogP contribution in [0, 0.1) is 6.92 Å². The Hall–Kier alpha value is -1.02. The van der Waals surface area contributed by atoms with Crippen LogP contribution in [0.3, 0.4) is 0 Å². The van der Waals surface area contributed by atoms with Gasteiger partial charge in [0.2, 0.25) is 0 Å². The monoisotopic (exact) mass is 210 g/mol. The molecule has 1 aromatic carbocycles. The highest BCUT2D eigenvalue weighted by molar-refractivity contribution is 5.31. The van der Waals surface area contributed by atoms with Gasteiger partial charge in [0.25, 0.3) is 0 Å². The fourth-order valence-corrected chi connectivity index (χ4v) is 0.973. The summed E-state index contributed by atoms with van der Waals surface area (Å²) in [6.07, 6.45) is 0. The predicted molar refractivity (Wildman–Crippen MR) is 64.3 cm³/mol. The summed E-state index contributed by atoms with van der Waals surface area (Å²) >= 11 is 0. The number of hydrogen-bond acceptors (Lipinski definition) is 2. The van der Waals surface area contributed by atoms with Crippen molar-refractivity contribution in [2.24, 2.45) is 0 Å². The maximum absolute atomic E-state index is 9.44. The third kappa shape index (κ3) is 6.13. The van der Waals surface area contributed by atoms with Crippen molar-refractivity contribution in [2.45, 2.75) is 40.2 Å². The maximum atomic E-state index is 9.44. The number of benzene rings is 1. The molecule has 1 aromatic rings. The molecule has 15 heavy (non-hydrogen) atoms. The Balaban J connectivity index is 0.000000921. The number of hydrogen-bond donors (Lipinski definition) is 1. The first-order valence-corrected chi connectivity index (χ1v) is 5.40. The van der Waals surface area contributed by atoms with Crippen LogP contribution < -0.4 is 4.74 Å². The summed E-state index contributed by atoms with van der Waals surface area (Å²) < 4.78 is 5.45. The van der Waals surface area contributed by atoms with Gasteiger partial charge in [-0.2, -0.15) is 0 Å². The number of ether oxygens (including phenoxy) is 1. The van der Waals surface area contributed by atoms with Gasteiger partial charge in [0.1, 0.15) is 12.4 Å². The molecule has 2 heteroatoms. The summed E-state index contributed by atoms with van der Waals surface area (Å²) in [6, 6.07) is 7.78. The van der Waals surface area contributed by atoms with Crippen LogP contribution in [0.2, 0.25) is 0 Å². The maximum Gasteiger partial charge on any atom is 0.122 e. The second kappa shape index (κ2) is 6.46. The smallest absolute Gasteiger partial charge is 0.122 e. The summed E-state index contributed by atoms with van der Waals surface area (Å²) in [7, 11) is 0. The molecule has 0 aliphatic rings. The Morgan fingerprint density at radius 3 is 2.20 bits per heavy atom. The third-order valence-electron chi connectivity index (χ3n) is 1.67. The van der Waals surface area contributed by atoms with Gasteiger partial charge in [0.15, 0.2) is 0 Å². The van der Waals surface area contributed by atoms with E-state index in [0.29, 0.717) is 6.61 Å². The van der Waals surface area contributed by atoms with Gasteiger partial charge >= 0.3 is 0 Å². The molecule has 0 atom stereocenters. The second-order valence-electron chi connectivity index (χ2n) is 3.87. The number of aliphatic hydroxyl groups is 1. The Bertz CT molecular complexity index is 274. The van der Waals surface area contributed by atoms with E-state index in [-0.39, 0.29) is 0 Å². The largest absolute Gasteiger partial charge is 0.490 e. The molecule has 0 saturated carbocycles. The molecular formula is C13H22O2. The van der Waals surface area contributed by atoms with Crippen LogP contribution in [0.4, 0.5) is 0 Å². The molecule has 0 unspecified atom stereocenters. The van der Waals surface area contributed by atoms with E-state index in [9.17, 15) is 5.11 Å². The molecule has 0 aromatic heterocycles. The predicted octanol–water partition coefficient (Wildman–Crippen LogP) is 3.17. The molecule has 0 heterocycles. The van der Waals surface area contributed by atoms with Gasteiger partial charge in [0, 0.05) is 0 Å². The second-order valence-corrected chi connectivity index (χ2v) is 3.87. The lowest BCUT2D eigenvalue weighted by molar-refractivity contribution is 0.0282. The molecule has 0 spiro atoms. The topological polar surface area (TPSA) is 29.5 Å². The van der Waals surface area contributed by atoms with Crippen LogP contribution in [-0.2, 0) is 0 Å². The summed E-state index contributed by atoms with van der Waals surface area (Å²) in [5.41, 5.74) is 0.314. The molecule has 0 bridgehead atoms. The standard InChI is InChI=1S/C11H16O2.C2H6/c1-9-6-4-5-7-10(9)13-8-11(2,3)12;1-2/h4-7,12H,8H2,1-3H3;1-2H3. The highest BCUT2D eigenvalue weighted by Crippen LogP contribution is 2.17. The quantitative estimate of drug-likeness (QED) is 0.830. The molecule has 0 saturated heterocycles. The molecule has 86 valence electrons. The molecule has 2 nitrogen and oxygen atoms in total. The molecule has 0 aliphatic heterocycles. The zero-order chi connectivity index (χ0) is 11.9. The molecule has 0 fully saturated rings. The zero-order valence-corrected chi connectivity index (χ0v) is 10.4. The van der Waals surface area contributed by atoms with Gasteiger partial charge in [-0.05, 0) is 32.4 Å². The molecular weight excluding hydrogens is 188 g/mol. The van der Waals surface area contributed by atoms with Crippen LogP contribution in [0.5, 0.6) is 5.75 Å². The van der Waals surface area contributed by atoms with Crippen molar-refractivity contribution in [2.75, 3.05) is 6.61 Å². The van der Waals surface area contributed by atoms with E-state index in [2.05, 4.69) is 0 Å². The van der Waals surface area contributed by atoms with E-state index in [4.69, 9.17) is 4.74 Å².